The maximum atomic E-state index is 2.81. The van der Waals surface area contributed by atoms with E-state index in [9.17, 15) is 0 Å². The summed E-state index contributed by atoms with van der Waals surface area (Å²) in [7, 11) is 5.22. The first kappa shape index (κ1) is 40.7. The van der Waals surface area contributed by atoms with Gasteiger partial charge in [-0.05, 0) is 116 Å². The van der Waals surface area contributed by atoms with Crippen LogP contribution in [0, 0.1) is 52.3 Å². The minimum Gasteiger partial charge on any atom is -0.326 e. The van der Waals surface area contributed by atoms with Crippen molar-refractivity contribution in [2.45, 2.75) is 227 Å². The van der Waals surface area contributed by atoms with E-state index in [1.807, 2.05) is 0 Å². The molecule has 0 N–H and O–H groups in total. The molecule has 4 rings (SSSR count). The lowest BCUT2D eigenvalue weighted by atomic mass is 9.44. The van der Waals surface area contributed by atoms with Crippen LogP contribution in [0.3, 0.4) is 0 Å². The van der Waals surface area contributed by atoms with Gasteiger partial charge in [0.15, 0.2) is 0 Å². The van der Waals surface area contributed by atoms with Gasteiger partial charge in [0, 0.05) is 6.42 Å². The van der Waals surface area contributed by atoms with Gasteiger partial charge < -0.3 is 4.48 Å². The fourth-order valence-electron chi connectivity index (χ4n) is 13.1. The highest BCUT2D eigenvalue weighted by Crippen LogP contribution is 2.68. The quantitative estimate of drug-likeness (QED) is 0.0751. The van der Waals surface area contributed by atoms with E-state index >= 15 is 0 Å². The lowest BCUT2D eigenvalue weighted by Gasteiger charge is -2.62. The maximum absolute atomic E-state index is 2.81. The van der Waals surface area contributed by atoms with E-state index < -0.39 is 0 Å². The molecule has 0 radical (unpaired) electrons. The summed E-state index contributed by atoms with van der Waals surface area (Å²) in [6.07, 6.45) is 41.8. The molecule has 9 atom stereocenters. The second-order valence-corrected chi connectivity index (χ2v) is 20.4. The Morgan fingerprint density at radius 2 is 1.10 bits per heavy atom. The fraction of sp³-hybridized carbons (Fsp3) is 1.00. The SMILES string of the molecule is CCCCCCCCCCCCCCCCCC[N+](C)(C)[C@@H]1CC[C@@]2(C)C(CCC3C2CC[C@@]2(C)C3CC[C@@H]2[C@H](C)CCCC(C)C)C1. The van der Waals surface area contributed by atoms with Crippen LogP contribution in [0.25, 0.3) is 0 Å². The van der Waals surface area contributed by atoms with Crippen molar-refractivity contribution < 1.29 is 4.48 Å². The van der Waals surface area contributed by atoms with Crippen molar-refractivity contribution in [2.24, 2.45) is 52.3 Å². The van der Waals surface area contributed by atoms with Crippen molar-refractivity contribution in [3.05, 3.63) is 0 Å². The molecular formula is C47H90N+. The van der Waals surface area contributed by atoms with E-state index in [1.165, 1.54) is 152 Å². The van der Waals surface area contributed by atoms with Crippen LogP contribution in [-0.2, 0) is 0 Å². The van der Waals surface area contributed by atoms with Crippen molar-refractivity contribution in [3.8, 4) is 0 Å². The molecule has 0 amide bonds. The van der Waals surface area contributed by atoms with Gasteiger partial charge >= 0.3 is 0 Å². The van der Waals surface area contributed by atoms with E-state index in [1.54, 1.807) is 38.5 Å². The number of rotatable bonds is 23. The minimum absolute atomic E-state index is 0.635. The Balaban J connectivity index is 1.11. The average molecular weight is 669 g/mol. The van der Waals surface area contributed by atoms with Crippen LogP contribution in [0.2, 0.25) is 0 Å². The fourth-order valence-corrected chi connectivity index (χ4v) is 13.1. The summed E-state index contributed by atoms with van der Waals surface area (Å²) in [4.78, 5) is 0. The lowest BCUT2D eigenvalue weighted by Crippen LogP contribution is -2.58. The van der Waals surface area contributed by atoms with Crippen molar-refractivity contribution in [1.82, 2.24) is 0 Å². The van der Waals surface area contributed by atoms with Crippen LogP contribution in [0.5, 0.6) is 0 Å². The Kier molecular flexibility index (Phi) is 16.7. The average Bonchev–Trinajstić information content (AvgIpc) is 3.41. The first-order valence-electron chi connectivity index (χ1n) is 22.9. The summed E-state index contributed by atoms with van der Waals surface area (Å²) in [6.45, 7) is 16.8. The summed E-state index contributed by atoms with van der Waals surface area (Å²) in [5, 5.41) is 0. The number of fused-ring (bicyclic) bond motifs is 5. The van der Waals surface area contributed by atoms with Gasteiger partial charge in [-0.2, -0.15) is 0 Å². The molecule has 4 aliphatic carbocycles. The van der Waals surface area contributed by atoms with Gasteiger partial charge in [0.1, 0.15) is 0 Å². The van der Waals surface area contributed by atoms with Crippen LogP contribution < -0.4 is 0 Å². The summed E-state index contributed by atoms with van der Waals surface area (Å²) in [6, 6.07) is 0.910. The standard InChI is InChI=1S/C47H90N/c1-9-10-11-12-13-14-15-16-17-18-19-20-21-22-23-24-36-48(7,8)41-32-34-46(5)40(37-41)28-29-42-44-31-30-43(39(4)27-25-26-38(2)3)47(44,6)35-33-45(42)46/h38-45H,9-37H2,1-8H3/q+1/t39-,40?,41-,42?,43-,44?,45?,46+,47-/m1/s1. The van der Waals surface area contributed by atoms with Gasteiger partial charge in [-0.25, -0.2) is 0 Å². The highest BCUT2D eigenvalue weighted by molar-refractivity contribution is 5.09. The summed E-state index contributed by atoms with van der Waals surface area (Å²) in [5.41, 5.74) is 1.28. The molecule has 4 unspecified atom stereocenters. The van der Waals surface area contributed by atoms with Gasteiger partial charge in [0.05, 0.1) is 26.7 Å². The Morgan fingerprint density at radius 1 is 0.562 bits per heavy atom. The van der Waals surface area contributed by atoms with Crippen molar-refractivity contribution >= 4 is 0 Å². The first-order valence-corrected chi connectivity index (χ1v) is 22.9. The molecule has 4 aliphatic rings. The Morgan fingerprint density at radius 3 is 1.69 bits per heavy atom. The predicted molar refractivity (Wildman–Crippen MR) is 213 cm³/mol. The third kappa shape index (κ3) is 10.8. The molecule has 0 aromatic rings. The third-order valence-electron chi connectivity index (χ3n) is 16.4. The van der Waals surface area contributed by atoms with E-state index in [2.05, 4.69) is 55.6 Å². The van der Waals surface area contributed by atoms with Gasteiger partial charge in [-0.1, -0.05) is 151 Å². The van der Waals surface area contributed by atoms with Crippen LogP contribution >= 0.6 is 0 Å². The Labute approximate surface area is 303 Å². The molecule has 0 aromatic heterocycles. The molecule has 0 spiro atoms. The van der Waals surface area contributed by atoms with E-state index in [0.29, 0.717) is 10.8 Å². The number of hydrogen-bond donors (Lipinski definition) is 0. The monoisotopic (exact) mass is 669 g/mol. The molecule has 1 nitrogen and oxygen atoms in total. The number of hydrogen-bond acceptors (Lipinski definition) is 0. The largest absolute Gasteiger partial charge is 0.326 e. The zero-order chi connectivity index (χ0) is 34.6. The lowest BCUT2D eigenvalue weighted by molar-refractivity contribution is -0.917. The van der Waals surface area contributed by atoms with Gasteiger partial charge in [0.2, 0.25) is 0 Å². The Hall–Kier alpha value is -0.0400. The predicted octanol–water partition coefficient (Wildman–Crippen LogP) is 14.8. The molecule has 4 saturated carbocycles. The van der Waals surface area contributed by atoms with E-state index in [0.717, 1.165) is 47.5 Å². The van der Waals surface area contributed by atoms with E-state index in [4.69, 9.17) is 0 Å². The van der Waals surface area contributed by atoms with E-state index in [-0.39, 0.29) is 0 Å². The molecule has 0 aliphatic heterocycles. The van der Waals surface area contributed by atoms with Crippen molar-refractivity contribution in [2.75, 3.05) is 20.6 Å². The molecule has 0 bridgehead atoms. The zero-order valence-corrected chi connectivity index (χ0v) is 34.6. The third-order valence-corrected chi connectivity index (χ3v) is 16.4. The second kappa shape index (κ2) is 19.7. The molecule has 0 aromatic carbocycles. The summed E-state index contributed by atoms with van der Waals surface area (Å²) in [5.74, 6) is 6.91. The number of nitrogens with zero attached hydrogens (tertiary/aromatic N) is 1. The van der Waals surface area contributed by atoms with Crippen molar-refractivity contribution in [1.29, 1.82) is 0 Å². The number of unbranched alkanes of at least 4 members (excludes halogenated alkanes) is 15. The first-order chi connectivity index (χ1) is 23.0. The highest BCUT2D eigenvalue weighted by atomic mass is 15.3. The molecule has 48 heavy (non-hydrogen) atoms. The molecule has 0 saturated heterocycles. The van der Waals surface area contributed by atoms with Crippen molar-refractivity contribution in [3.63, 3.8) is 0 Å². The summed E-state index contributed by atoms with van der Waals surface area (Å²) >= 11 is 0. The van der Waals surface area contributed by atoms with Crippen LogP contribution in [0.15, 0.2) is 0 Å². The topological polar surface area (TPSA) is 0 Å². The normalized spacial score (nSPS) is 34.2. The van der Waals surface area contributed by atoms with Crippen LogP contribution in [0.1, 0.15) is 221 Å². The Bertz CT molecular complexity index is 874. The van der Waals surface area contributed by atoms with Gasteiger partial charge in [0.25, 0.3) is 0 Å². The zero-order valence-electron chi connectivity index (χ0n) is 34.6. The molecule has 282 valence electrons. The number of quaternary nitrogens is 1. The van der Waals surface area contributed by atoms with Gasteiger partial charge in [-0.15, -0.1) is 0 Å². The highest BCUT2D eigenvalue weighted by Gasteiger charge is 2.61. The molecule has 0 heterocycles. The molecular weight excluding hydrogens is 579 g/mol. The minimum atomic E-state index is 0.635. The second-order valence-electron chi connectivity index (χ2n) is 20.4. The maximum Gasteiger partial charge on any atom is 0.0889 e. The molecule has 4 fully saturated rings. The summed E-state index contributed by atoms with van der Waals surface area (Å²) < 4.78 is 1.30. The molecule has 1 heteroatoms. The smallest absolute Gasteiger partial charge is 0.0889 e. The van der Waals surface area contributed by atoms with Crippen LogP contribution in [-0.4, -0.2) is 31.2 Å². The van der Waals surface area contributed by atoms with Crippen LogP contribution in [0.4, 0.5) is 0 Å². The van der Waals surface area contributed by atoms with Gasteiger partial charge in [-0.3, -0.25) is 0 Å².